The Balaban J connectivity index is 0.000000396. The van der Waals surface area contributed by atoms with Crippen LogP contribution in [0.2, 0.25) is 0 Å². The molecule has 0 unspecified atom stereocenters. The molecule has 2 atom stereocenters. The van der Waals surface area contributed by atoms with E-state index in [1.807, 2.05) is 29.2 Å². The fourth-order valence-corrected chi connectivity index (χ4v) is 4.20. The van der Waals surface area contributed by atoms with Gasteiger partial charge in [0.15, 0.2) is 0 Å². The summed E-state index contributed by atoms with van der Waals surface area (Å²) in [4.78, 5) is 26.1. The first-order chi connectivity index (χ1) is 14.0. The third kappa shape index (κ3) is 5.63. The maximum atomic E-state index is 12.8. The lowest BCUT2D eigenvalue weighted by molar-refractivity contribution is -0.192. The summed E-state index contributed by atoms with van der Waals surface area (Å²) < 4.78 is 42.4. The average Bonchev–Trinajstić information content (AvgIpc) is 3.24. The molecule has 0 saturated carbocycles. The van der Waals surface area contributed by atoms with Gasteiger partial charge in [-0.25, -0.2) is 4.79 Å². The molecule has 2 saturated heterocycles. The summed E-state index contributed by atoms with van der Waals surface area (Å²) in [5.41, 5.74) is 0.885. The van der Waals surface area contributed by atoms with E-state index in [1.54, 1.807) is 14.2 Å². The number of benzene rings is 1. The zero-order chi connectivity index (χ0) is 22.5. The van der Waals surface area contributed by atoms with Gasteiger partial charge in [-0.1, -0.05) is 6.07 Å². The number of halogens is 3. The van der Waals surface area contributed by atoms with Gasteiger partial charge in [0, 0.05) is 50.2 Å². The number of nitrogens with zero attached hydrogens (tertiary/aromatic N) is 2. The maximum absolute atomic E-state index is 12.8. The second-order valence-corrected chi connectivity index (χ2v) is 7.72. The van der Waals surface area contributed by atoms with E-state index < -0.39 is 12.1 Å². The molecular formula is C20H27F3N2O5. The van der Waals surface area contributed by atoms with Crippen molar-refractivity contribution in [2.24, 2.45) is 11.3 Å². The van der Waals surface area contributed by atoms with Crippen molar-refractivity contribution < 1.29 is 37.3 Å². The zero-order valence-corrected chi connectivity index (χ0v) is 17.2. The summed E-state index contributed by atoms with van der Waals surface area (Å²) in [7, 11) is 5.54. The lowest BCUT2D eigenvalue weighted by Crippen LogP contribution is -2.38. The molecule has 2 fully saturated rings. The van der Waals surface area contributed by atoms with Gasteiger partial charge in [-0.3, -0.25) is 4.79 Å². The van der Waals surface area contributed by atoms with Crippen LogP contribution in [0.25, 0.3) is 0 Å². The molecule has 2 heterocycles. The fourth-order valence-electron chi connectivity index (χ4n) is 4.20. The van der Waals surface area contributed by atoms with Gasteiger partial charge in [-0.2, -0.15) is 13.2 Å². The number of carboxylic acids is 1. The Labute approximate surface area is 173 Å². The normalized spacial score (nSPS) is 23.9. The van der Waals surface area contributed by atoms with E-state index in [-0.39, 0.29) is 11.3 Å². The molecule has 2 aliphatic heterocycles. The van der Waals surface area contributed by atoms with Crippen molar-refractivity contribution in [1.82, 2.24) is 9.80 Å². The predicted octanol–water partition coefficient (Wildman–Crippen LogP) is 2.37. The Kier molecular flexibility index (Phi) is 7.70. The van der Waals surface area contributed by atoms with Crippen molar-refractivity contribution in [2.45, 2.75) is 12.6 Å². The van der Waals surface area contributed by atoms with E-state index in [9.17, 15) is 18.0 Å². The van der Waals surface area contributed by atoms with Gasteiger partial charge in [0.2, 0.25) is 0 Å². The number of carbonyl (C=O) groups is 2. The van der Waals surface area contributed by atoms with Crippen LogP contribution in [0.15, 0.2) is 24.3 Å². The van der Waals surface area contributed by atoms with Crippen molar-refractivity contribution in [2.75, 3.05) is 54.1 Å². The smallest absolute Gasteiger partial charge is 0.490 e. The molecule has 2 aliphatic rings. The van der Waals surface area contributed by atoms with Crippen LogP contribution in [-0.4, -0.2) is 87.0 Å². The Morgan fingerprint density at radius 3 is 2.50 bits per heavy atom. The number of amides is 1. The standard InChI is InChI=1S/C18H26N2O3.C2HF3O2/c1-19-10-15(11-22-2)18(12-19)7-8-20(13-18)17(21)14-5-4-6-16(9-14)23-3;3-2(4,5)1(6)7/h4-6,9,15H,7-8,10-13H2,1-3H3;(H,6,7)/t15-,18-;/m1./s1. The minimum Gasteiger partial charge on any atom is -0.497 e. The second-order valence-electron chi connectivity index (χ2n) is 7.72. The third-order valence-corrected chi connectivity index (χ3v) is 5.58. The molecule has 1 amide bonds. The van der Waals surface area contributed by atoms with Crippen molar-refractivity contribution in [3.8, 4) is 5.75 Å². The van der Waals surface area contributed by atoms with Crippen LogP contribution in [0.4, 0.5) is 13.2 Å². The molecule has 0 aromatic heterocycles. The first-order valence-corrected chi connectivity index (χ1v) is 9.43. The van der Waals surface area contributed by atoms with Crippen LogP contribution in [0.3, 0.4) is 0 Å². The number of rotatable bonds is 4. The van der Waals surface area contributed by atoms with E-state index in [2.05, 4.69) is 11.9 Å². The van der Waals surface area contributed by atoms with Gasteiger partial charge in [0.05, 0.1) is 13.7 Å². The molecule has 3 rings (SSSR count). The number of ether oxygens (including phenoxy) is 2. The summed E-state index contributed by atoms with van der Waals surface area (Å²) in [5.74, 6) is -1.43. The highest BCUT2D eigenvalue weighted by Gasteiger charge is 2.50. The van der Waals surface area contributed by atoms with Crippen LogP contribution in [0.1, 0.15) is 16.8 Å². The molecule has 7 nitrogen and oxygen atoms in total. The fraction of sp³-hybridized carbons (Fsp3) is 0.600. The quantitative estimate of drug-likeness (QED) is 0.787. The molecule has 10 heteroatoms. The highest BCUT2D eigenvalue weighted by molar-refractivity contribution is 5.94. The van der Waals surface area contributed by atoms with Crippen molar-refractivity contribution in [3.63, 3.8) is 0 Å². The van der Waals surface area contributed by atoms with Gasteiger partial charge in [-0.05, 0) is 31.7 Å². The Bertz CT molecular complexity index is 758. The molecule has 0 bridgehead atoms. The summed E-state index contributed by atoms with van der Waals surface area (Å²) in [6.07, 6.45) is -4.03. The number of carbonyl (C=O) groups excluding carboxylic acids is 1. The number of aliphatic carboxylic acids is 1. The van der Waals surface area contributed by atoms with E-state index in [4.69, 9.17) is 19.4 Å². The van der Waals surface area contributed by atoms with Crippen molar-refractivity contribution in [3.05, 3.63) is 29.8 Å². The van der Waals surface area contributed by atoms with Crippen LogP contribution in [0.5, 0.6) is 5.75 Å². The Morgan fingerprint density at radius 2 is 1.93 bits per heavy atom. The molecule has 1 aromatic rings. The molecule has 0 aliphatic carbocycles. The number of likely N-dealkylation sites (tertiary alicyclic amines) is 2. The minimum atomic E-state index is -5.08. The topological polar surface area (TPSA) is 79.3 Å². The summed E-state index contributed by atoms with van der Waals surface area (Å²) in [6, 6.07) is 7.42. The highest BCUT2D eigenvalue weighted by atomic mass is 19.4. The maximum Gasteiger partial charge on any atom is 0.490 e. The summed E-state index contributed by atoms with van der Waals surface area (Å²) >= 11 is 0. The molecule has 1 spiro atoms. The SMILES string of the molecule is COC[C@H]1CN(C)C[C@@]12CCN(C(=O)c1cccc(OC)c1)C2.O=C(O)C(F)(F)F. The van der Waals surface area contributed by atoms with Crippen LogP contribution < -0.4 is 4.74 Å². The molecule has 1 N–H and O–H groups in total. The Hall–Kier alpha value is -2.33. The van der Waals surface area contributed by atoms with Gasteiger partial charge in [0.1, 0.15) is 5.75 Å². The number of carboxylic acid groups (broad SMARTS) is 1. The van der Waals surface area contributed by atoms with Crippen LogP contribution >= 0.6 is 0 Å². The predicted molar refractivity (Wildman–Crippen MR) is 103 cm³/mol. The number of methoxy groups -OCH3 is 2. The average molecular weight is 432 g/mol. The van der Waals surface area contributed by atoms with E-state index >= 15 is 0 Å². The number of alkyl halides is 3. The number of hydrogen-bond acceptors (Lipinski definition) is 5. The molecule has 0 radical (unpaired) electrons. The third-order valence-electron chi connectivity index (χ3n) is 5.58. The molecule has 1 aromatic carbocycles. The zero-order valence-electron chi connectivity index (χ0n) is 17.2. The second kappa shape index (κ2) is 9.65. The Morgan fingerprint density at radius 1 is 1.27 bits per heavy atom. The van der Waals surface area contributed by atoms with Gasteiger partial charge >= 0.3 is 12.1 Å². The monoisotopic (exact) mass is 432 g/mol. The lowest BCUT2D eigenvalue weighted by Gasteiger charge is -2.30. The first-order valence-electron chi connectivity index (χ1n) is 9.43. The first kappa shape index (κ1) is 23.9. The number of hydrogen-bond donors (Lipinski definition) is 1. The van der Waals surface area contributed by atoms with E-state index in [0.29, 0.717) is 11.5 Å². The molecular weight excluding hydrogens is 405 g/mol. The van der Waals surface area contributed by atoms with E-state index in [0.717, 1.165) is 45.0 Å². The van der Waals surface area contributed by atoms with Crippen LogP contribution in [0, 0.1) is 11.3 Å². The molecule has 30 heavy (non-hydrogen) atoms. The van der Waals surface area contributed by atoms with Crippen LogP contribution in [-0.2, 0) is 9.53 Å². The van der Waals surface area contributed by atoms with Crippen molar-refractivity contribution in [1.29, 1.82) is 0 Å². The van der Waals surface area contributed by atoms with Gasteiger partial charge < -0.3 is 24.4 Å². The van der Waals surface area contributed by atoms with Gasteiger partial charge in [0.25, 0.3) is 5.91 Å². The highest BCUT2D eigenvalue weighted by Crippen LogP contribution is 2.43. The summed E-state index contributed by atoms with van der Waals surface area (Å²) in [5, 5.41) is 7.12. The molecule has 168 valence electrons. The van der Waals surface area contributed by atoms with E-state index in [1.165, 1.54) is 0 Å². The van der Waals surface area contributed by atoms with Gasteiger partial charge in [-0.15, -0.1) is 0 Å². The summed E-state index contributed by atoms with van der Waals surface area (Å²) in [6.45, 7) is 4.51. The lowest BCUT2D eigenvalue weighted by atomic mass is 9.77. The largest absolute Gasteiger partial charge is 0.497 e. The van der Waals surface area contributed by atoms with Crippen molar-refractivity contribution >= 4 is 11.9 Å². The minimum absolute atomic E-state index is 0.103.